The van der Waals surface area contributed by atoms with Crippen molar-refractivity contribution in [2.75, 3.05) is 26.2 Å². The van der Waals surface area contributed by atoms with E-state index in [1.165, 1.54) is 0 Å². The van der Waals surface area contributed by atoms with E-state index < -0.39 is 24.0 Å². The molecule has 106 valence electrons. The lowest BCUT2D eigenvalue weighted by Gasteiger charge is -2.17. The quantitative estimate of drug-likeness (QED) is 0.239. The second kappa shape index (κ2) is 9.77. The van der Waals surface area contributed by atoms with Crippen molar-refractivity contribution in [2.24, 2.45) is 11.5 Å². The molecule has 0 saturated carbocycles. The van der Waals surface area contributed by atoms with Crippen LogP contribution in [-0.4, -0.2) is 60.4 Å². The molecule has 0 rings (SSSR count). The van der Waals surface area contributed by atoms with Gasteiger partial charge in [-0.3, -0.25) is 9.59 Å². The number of aliphatic hydroxyl groups is 2. The Morgan fingerprint density at radius 3 is 1.50 bits per heavy atom. The van der Waals surface area contributed by atoms with Crippen molar-refractivity contribution in [1.29, 1.82) is 0 Å². The van der Waals surface area contributed by atoms with E-state index in [9.17, 15) is 19.8 Å². The topological polar surface area (TPSA) is 151 Å². The Bertz CT molecular complexity index is 236. The maximum Gasteiger partial charge on any atom is 0.252 e. The summed E-state index contributed by atoms with van der Waals surface area (Å²) in [4.78, 5) is 22.7. The van der Waals surface area contributed by atoms with Crippen LogP contribution in [0.2, 0.25) is 0 Å². The van der Waals surface area contributed by atoms with Crippen molar-refractivity contribution in [3.8, 4) is 0 Å². The minimum Gasteiger partial charge on any atom is -0.380 e. The van der Waals surface area contributed by atoms with Gasteiger partial charge < -0.3 is 32.3 Å². The zero-order valence-electron chi connectivity index (χ0n) is 10.3. The Morgan fingerprint density at radius 1 is 0.889 bits per heavy atom. The van der Waals surface area contributed by atoms with Crippen molar-refractivity contribution >= 4 is 11.8 Å². The molecule has 2 atom stereocenters. The third kappa shape index (κ3) is 6.50. The van der Waals surface area contributed by atoms with Gasteiger partial charge in [-0.1, -0.05) is 0 Å². The molecule has 0 aromatic carbocycles. The Morgan fingerprint density at radius 2 is 1.22 bits per heavy atom. The van der Waals surface area contributed by atoms with Crippen LogP contribution in [-0.2, 0) is 9.59 Å². The molecule has 0 radical (unpaired) electrons. The Kier molecular flexibility index (Phi) is 9.11. The van der Waals surface area contributed by atoms with E-state index in [0.717, 1.165) is 0 Å². The van der Waals surface area contributed by atoms with Crippen LogP contribution in [0.4, 0.5) is 0 Å². The Balaban J connectivity index is 4.02. The van der Waals surface area contributed by atoms with Crippen LogP contribution in [0.15, 0.2) is 0 Å². The highest BCUT2D eigenvalue weighted by Crippen LogP contribution is 1.94. The molecule has 8 nitrogen and oxygen atoms in total. The first kappa shape index (κ1) is 16.8. The molecule has 0 saturated heterocycles. The van der Waals surface area contributed by atoms with Gasteiger partial charge in [0.15, 0.2) is 12.2 Å². The summed E-state index contributed by atoms with van der Waals surface area (Å²) in [5.74, 6) is -1.60. The van der Waals surface area contributed by atoms with Crippen molar-refractivity contribution in [3.05, 3.63) is 0 Å². The summed E-state index contributed by atoms with van der Waals surface area (Å²) in [5, 5.41) is 23.6. The van der Waals surface area contributed by atoms with Crippen molar-refractivity contribution in [2.45, 2.75) is 25.0 Å². The summed E-state index contributed by atoms with van der Waals surface area (Å²) in [6.45, 7) is 1.37. The largest absolute Gasteiger partial charge is 0.380 e. The molecule has 0 aromatic rings. The molecule has 0 spiro atoms. The number of carbonyl (C=O) groups excluding carboxylic acids is 2. The highest BCUT2D eigenvalue weighted by molar-refractivity contribution is 5.90. The second-order valence-corrected chi connectivity index (χ2v) is 3.76. The summed E-state index contributed by atoms with van der Waals surface area (Å²) in [7, 11) is 0. The van der Waals surface area contributed by atoms with E-state index in [1.807, 2.05) is 0 Å². The Labute approximate surface area is 106 Å². The van der Waals surface area contributed by atoms with Gasteiger partial charge in [-0.05, 0) is 25.9 Å². The SMILES string of the molecule is NCCCNC(=O)C(O)C(O)C(=O)NCCCN. The molecule has 0 bridgehead atoms. The molecule has 0 fully saturated rings. The molecule has 8 N–H and O–H groups in total. The van der Waals surface area contributed by atoms with E-state index in [1.54, 1.807) is 0 Å². The van der Waals surface area contributed by atoms with Crippen LogP contribution in [0.5, 0.6) is 0 Å². The molecular formula is C10H22N4O4. The number of aliphatic hydroxyl groups excluding tert-OH is 2. The standard InChI is InChI=1S/C10H22N4O4/c11-3-1-5-13-9(17)7(15)8(16)10(18)14-6-2-4-12/h7-8,15-16H,1-6,11-12H2,(H,13,17)(H,14,18). The van der Waals surface area contributed by atoms with Gasteiger partial charge in [0, 0.05) is 13.1 Å². The highest BCUT2D eigenvalue weighted by Gasteiger charge is 2.29. The number of rotatable bonds is 9. The van der Waals surface area contributed by atoms with Gasteiger partial charge in [0.25, 0.3) is 11.8 Å². The molecule has 18 heavy (non-hydrogen) atoms. The molecule has 0 aromatic heterocycles. The zero-order chi connectivity index (χ0) is 14.0. The van der Waals surface area contributed by atoms with Gasteiger partial charge in [0.1, 0.15) is 0 Å². The smallest absolute Gasteiger partial charge is 0.252 e. The molecule has 0 aliphatic rings. The molecule has 2 amide bonds. The van der Waals surface area contributed by atoms with Crippen molar-refractivity contribution in [3.63, 3.8) is 0 Å². The number of amides is 2. The van der Waals surface area contributed by atoms with E-state index in [2.05, 4.69) is 10.6 Å². The monoisotopic (exact) mass is 262 g/mol. The third-order valence-corrected chi connectivity index (χ3v) is 2.20. The summed E-state index contributed by atoms with van der Waals surface area (Å²) >= 11 is 0. The van der Waals surface area contributed by atoms with Crippen LogP contribution in [0.3, 0.4) is 0 Å². The number of carbonyl (C=O) groups is 2. The molecular weight excluding hydrogens is 240 g/mol. The van der Waals surface area contributed by atoms with E-state index in [-0.39, 0.29) is 13.1 Å². The van der Waals surface area contributed by atoms with Gasteiger partial charge in [-0.15, -0.1) is 0 Å². The van der Waals surface area contributed by atoms with Gasteiger partial charge >= 0.3 is 0 Å². The molecule has 0 heterocycles. The fraction of sp³-hybridized carbons (Fsp3) is 0.800. The van der Waals surface area contributed by atoms with Crippen LogP contribution >= 0.6 is 0 Å². The number of hydrogen-bond donors (Lipinski definition) is 6. The third-order valence-electron chi connectivity index (χ3n) is 2.20. The fourth-order valence-electron chi connectivity index (χ4n) is 1.12. The Hall–Kier alpha value is -1.22. The average molecular weight is 262 g/mol. The predicted molar refractivity (Wildman–Crippen MR) is 65.4 cm³/mol. The lowest BCUT2D eigenvalue weighted by Crippen LogP contribution is -2.50. The zero-order valence-corrected chi connectivity index (χ0v) is 10.3. The van der Waals surface area contributed by atoms with E-state index in [0.29, 0.717) is 25.9 Å². The van der Waals surface area contributed by atoms with Gasteiger partial charge in [0.05, 0.1) is 0 Å². The first-order chi connectivity index (χ1) is 8.54. The minimum absolute atomic E-state index is 0.286. The van der Waals surface area contributed by atoms with Crippen LogP contribution in [0.25, 0.3) is 0 Å². The second-order valence-electron chi connectivity index (χ2n) is 3.76. The van der Waals surface area contributed by atoms with E-state index in [4.69, 9.17) is 11.5 Å². The fourth-order valence-corrected chi connectivity index (χ4v) is 1.12. The number of nitrogens with one attached hydrogen (secondary N) is 2. The summed E-state index contributed by atoms with van der Waals surface area (Å²) in [5.41, 5.74) is 10.5. The molecule has 2 unspecified atom stereocenters. The lowest BCUT2D eigenvalue weighted by atomic mass is 10.1. The molecule has 0 aliphatic heterocycles. The predicted octanol–water partition coefficient (Wildman–Crippen LogP) is -3.36. The lowest BCUT2D eigenvalue weighted by molar-refractivity contribution is -0.146. The normalized spacial score (nSPS) is 13.8. The minimum atomic E-state index is -1.79. The maximum atomic E-state index is 11.3. The van der Waals surface area contributed by atoms with Gasteiger partial charge in [-0.25, -0.2) is 0 Å². The van der Waals surface area contributed by atoms with Gasteiger partial charge in [0.2, 0.25) is 0 Å². The molecule has 0 aliphatic carbocycles. The number of hydrogen-bond acceptors (Lipinski definition) is 6. The number of nitrogens with two attached hydrogens (primary N) is 2. The van der Waals surface area contributed by atoms with Crippen molar-refractivity contribution in [1.82, 2.24) is 10.6 Å². The summed E-state index contributed by atoms with van der Waals surface area (Å²) in [6, 6.07) is 0. The van der Waals surface area contributed by atoms with Crippen LogP contribution < -0.4 is 22.1 Å². The van der Waals surface area contributed by atoms with Crippen molar-refractivity contribution < 1.29 is 19.8 Å². The first-order valence-corrected chi connectivity index (χ1v) is 5.86. The average Bonchev–Trinajstić information content (AvgIpc) is 2.37. The van der Waals surface area contributed by atoms with Crippen LogP contribution in [0.1, 0.15) is 12.8 Å². The van der Waals surface area contributed by atoms with Gasteiger partial charge in [-0.2, -0.15) is 0 Å². The maximum absolute atomic E-state index is 11.3. The highest BCUT2D eigenvalue weighted by atomic mass is 16.3. The molecule has 8 heteroatoms. The van der Waals surface area contributed by atoms with E-state index >= 15 is 0 Å². The summed E-state index contributed by atoms with van der Waals surface area (Å²) < 4.78 is 0. The first-order valence-electron chi connectivity index (χ1n) is 5.86. The summed E-state index contributed by atoms with van der Waals surface area (Å²) in [6.07, 6.45) is -2.48. The van der Waals surface area contributed by atoms with Crippen LogP contribution in [0, 0.1) is 0 Å².